The molecule has 34 heavy (non-hydrogen) atoms. The summed E-state index contributed by atoms with van der Waals surface area (Å²) in [5.41, 5.74) is 1.54. The molecule has 2 heterocycles. The van der Waals surface area contributed by atoms with Crippen LogP contribution in [0.25, 0.3) is 5.69 Å². The van der Waals surface area contributed by atoms with Gasteiger partial charge >= 0.3 is 5.69 Å². The van der Waals surface area contributed by atoms with Crippen molar-refractivity contribution in [2.75, 3.05) is 40.3 Å². The van der Waals surface area contributed by atoms with E-state index >= 15 is 0 Å². The summed E-state index contributed by atoms with van der Waals surface area (Å²) in [5.74, 6) is 0.151. The Morgan fingerprint density at radius 2 is 1.68 bits per heavy atom. The number of hydrogen-bond donors (Lipinski definition) is 0. The van der Waals surface area contributed by atoms with Crippen LogP contribution in [0.15, 0.2) is 52.1 Å². The fraction of sp³-hybridized carbons (Fsp3) is 0.360. The van der Waals surface area contributed by atoms with E-state index in [2.05, 4.69) is 10.00 Å². The van der Waals surface area contributed by atoms with E-state index in [9.17, 15) is 14.4 Å². The van der Waals surface area contributed by atoms with Crippen LogP contribution in [0.5, 0.6) is 5.75 Å². The molecule has 4 rings (SSSR count). The predicted octanol–water partition coefficient (Wildman–Crippen LogP) is 1.46. The highest BCUT2D eigenvalue weighted by Crippen LogP contribution is 2.14. The zero-order valence-corrected chi connectivity index (χ0v) is 19.9. The van der Waals surface area contributed by atoms with Crippen LogP contribution in [-0.4, -0.2) is 70.4 Å². The maximum absolute atomic E-state index is 13.5. The lowest BCUT2D eigenvalue weighted by molar-refractivity contribution is 0.0652. The molecule has 0 saturated carbocycles. The van der Waals surface area contributed by atoms with E-state index in [1.165, 1.54) is 0 Å². The Labute approximate surface area is 197 Å². The van der Waals surface area contributed by atoms with Crippen LogP contribution >= 0.6 is 0 Å². The number of carbonyl (C=O) groups excluding carboxylic acids is 1. The SMILES string of the molecule is COc1cccc(Cn2c(=O)c(C(=O)N3CCN(C)CC3)nn(-c3cc(C)cc(C)c3)c2=O)c1. The summed E-state index contributed by atoms with van der Waals surface area (Å²) >= 11 is 0. The van der Waals surface area contributed by atoms with Crippen molar-refractivity contribution in [3.05, 3.63) is 85.7 Å². The molecule has 3 aromatic rings. The number of hydrogen-bond acceptors (Lipinski definition) is 6. The minimum atomic E-state index is -0.697. The van der Waals surface area contributed by atoms with Crippen molar-refractivity contribution in [1.29, 1.82) is 0 Å². The quantitative estimate of drug-likeness (QED) is 0.569. The van der Waals surface area contributed by atoms with Gasteiger partial charge in [0.25, 0.3) is 11.5 Å². The molecule has 0 bridgehead atoms. The molecule has 0 atom stereocenters. The Kier molecular flexibility index (Phi) is 6.65. The first-order valence-corrected chi connectivity index (χ1v) is 11.2. The average molecular weight is 464 g/mol. The molecule has 0 radical (unpaired) electrons. The van der Waals surface area contributed by atoms with Gasteiger partial charge in [0.1, 0.15) is 5.75 Å². The number of carbonyl (C=O) groups is 1. The van der Waals surface area contributed by atoms with E-state index in [1.807, 2.05) is 39.1 Å². The zero-order chi connectivity index (χ0) is 24.4. The van der Waals surface area contributed by atoms with Gasteiger partial charge in [-0.25, -0.2) is 4.79 Å². The summed E-state index contributed by atoms with van der Waals surface area (Å²) in [4.78, 5) is 44.0. The van der Waals surface area contributed by atoms with Gasteiger partial charge in [0.2, 0.25) is 5.69 Å². The zero-order valence-electron chi connectivity index (χ0n) is 19.9. The van der Waals surface area contributed by atoms with E-state index in [0.29, 0.717) is 43.2 Å². The first-order chi connectivity index (χ1) is 16.3. The highest BCUT2D eigenvalue weighted by Gasteiger charge is 2.27. The average Bonchev–Trinajstić information content (AvgIpc) is 2.81. The number of rotatable bonds is 5. The van der Waals surface area contributed by atoms with Gasteiger partial charge in [0.15, 0.2) is 0 Å². The molecule has 0 spiro atoms. The molecule has 178 valence electrons. The van der Waals surface area contributed by atoms with Crippen molar-refractivity contribution in [2.45, 2.75) is 20.4 Å². The van der Waals surface area contributed by atoms with Gasteiger partial charge in [0.05, 0.1) is 19.3 Å². The third-order valence-electron chi connectivity index (χ3n) is 5.98. The lowest BCUT2D eigenvalue weighted by Gasteiger charge is -2.32. The molecule has 1 aliphatic heterocycles. The van der Waals surface area contributed by atoms with Gasteiger partial charge in [0, 0.05) is 26.2 Å². The third-order valence-corrected chi connectivity index (χ3v) is 5.98. The van der Waals surface area contributed by atoms with Gasteiger partial charge < -0.3 is 14.5 Å². The number of aryl methyl sites for hydroxylation is 2. The van der Waals surface area contributed by atoms with Gasteiger partial charge in [-0.05, 0) is 61.9 Å². The topological polar surface area (TPSA) is 89.7 Å². The molecule has 1 fully saturated rings. The van der Waals surface area contributed by atoms with Crippen molar-refractivity contribution < 1.29 is 9.53 Å². The van der Waals surface area contributed by atoms with Crippen LogP contribution < -0.4 is 16.0 Å². The van der Waals surface area contributed by atoms with Crippen LogP contribution in [0.4, 0.5) is 0 Å². The van der Waals surface area contributed by atoms with Gasteiger partial charge in [-0.3, -0.25) is 14.2 Å². The number of methoxy groups -OCH3 is 1. The smallest absolute Gasteiger partial charge is 0.352 e. The van der Waals surface area contributed by atoms with E-state index in [4.69, 9.17) is 4.74 Å². The maximum Gasteiger partial charge on any atom is 0.352 e. The fourth-order valence-electron chi connectivity index (χ4n) is 4.14. The maximum atomic E-state index is 13.5. The van der Waals surface area contributed by atoms with Crippen molar-refractivity contribution in [3.63, 3.8) is 0 Å². The number of aromatic nitrogens is 3. The molecule has 1 saturated heterocycles. The van der Waals surface area contributed by atoms with E-state index in [-0.39, 0.29) is 12.2 Å². The normalized spacial score (nSPS) is 14.3. The summed E-state index contributed by atoms with van der Waals surface area (Å²) in [6.07, 6.45) is 0. The number of likely N-dealkylation sites (N-methyl/N-ethyl adjacent to an activating group) is 1. The molecule has 1 aromatic heterocycles. The van der Waals surface area contributed by atoms with Gasteiger partial charge in [-0.1, -0.05) is 18.2 Å². The molecule has 0 aliphatic carbocycles. The summed E-state index contributed by atoms with van der Waals surface area (Å²) in [6, 6.07) is 12.7. The van der Waals surface area contributed by atoms with E-state index < -0.39 is 17.2 Å². The predicted molar refractivity (Wildman–Crippen MR) is 129 cm³/mol. The van der Waals surface area contributed by atoms with Crippen LogP contribution in [0.1, 0.15) is 27.2 Å². The molecule has 2 aromatic carbocycles. The molecular formula is C25H29N5O4. The number of amides is 1. The second kappa shape index (κ2) is 9.64. The highest BCUT2D eigenvalue weighted by atomic mass is 16.5. The lowest BCUT2D eigenvalue weighted by atomic mass is 10.1. The van der Waals surface area contributed by atoms with Crippen LogP contribution in [0.2, 0.25) is 0 Å². The fourth-order valence-corrected chi connectivity index (χ4v) is 4.14. The van der Waals surface area contributed by atoms with Crippen molar-refractivity contribution >= 4 is 5.91 Å². The largest absolute Gasteiger partial charge is 0.497 e. The Hall–Kier alpha value is -3.72. The summed E-state index contributed by atoms with van der Waals surface area (Å²) in [5, 5.41) is 4.30. The Balaban J connectivity index is 1.87. The second-order valence-corrected chi connectivity index (χ2v) is 8.73. The molecule has 9 heteroatoms. The molecule has 1 aliphatic rings. The highest BCUT2D eigenvalue weighted by molar-refractivity contribution is 5.92. The summed E-state index contributed by atoms with van der Waals surface area (Å²) < 4.78 is 7.50. The molecule has 0 N–H and O–H groups in total. The number of piperazine rings is 1. The molecular weight excluding hydrogens is 434 g/mol. The number of benzene rings is 2. The van der Waals surface area contributed by atoms with Gasteiger partial charge in [-0.2, -0.15) is 9.78 Å². The van der Waals surface area contributed by atoms with Crippen molar-refractivity contribution in [1.82, 2.24) is 24.1 Å². The minimum Gasteiger partial charge on any atom is -0.497 e. The molecule has 1 amide bonds. The first-order valence-electron chi connectivity index (χ1n) is 11.2. The number of nitrogens with zero attached hydrogens (tertiary/aromatic N) is 5. The standard InChI is InChI=1S/C25H29N5O4/c1-17-12-18(2)14-20(13-17)30-25(33)29(16-19-6-5-7-21(15-19)34-4)24(32)22(26-30)23(31)28-10-8-27(3)9-11-28/h5-7,12-15H,8-11,16H2,1-4H3. The summed E-state index contributed by atoms with van der Waals surface area (Å²) in [6.45, 7) is 6.24. The van der Waals surface area contributed by atoms with Gasteiger partial charge in [-0.15, -0.1) is 0 Å². The molecule has 9 nitrogen and oxygen atoms in total. The number of ether oxygens (including phenoxy) is 1. The monoisotopic (exact) mass is 463 g/mol. The van der Waals surface area contributed by atoms with E-state index in [1.54, 1.807) is 36.3 Å². The van der Waals surface area contributed by atoms with Crippen LogP contribution in [0, 0.1) is 13.8 Å². The van der Waals surface area contributed by atoms with Crippen LogP contribution in [0.3, 0.4) is 0 Å². The Morgan fingerprint density at radius 3 is 2.32 bits per heavy atom. The Morgan fingerprint density at radius 1 is 1.00 bits per heavy atom. The molecule has 0 unspecified atom stereocenters. The third kappa shape index (κ3) is 4.79. The van der Waals surface area contributed by atoms with Crippen LogP contribution in [-0.2, 0) is 6.54 Å². The van der Waals surface area contributed by atoms with E-state index in [0.717, 1.165) is 20.4 Å². The van der Waals surface area contributed by atoms with Crippen molar-refractivity contribution in [2.24, 2.45) is 0 Å². The first kappa shape index (κ1) is 23.4. The Bertz CT molecular complexity index is 1320. The minimum absolute atomic E-state index is 0.00873. The van der Waals surface area contributed by atoms with Crippen molar-refractivity contribution in [3.8, 4) is 11.4 Å². The second-order valence-electron chi connectivity index (χ2n) is 8.73. The summed E-state index contributed by atoms with van der Waals surface area (Å²) in [7, 11) is 3.54. The lowest BCUT2D eigenvalue weighted by Crippen LogP contribution is -2.51.